The van der Waals surface area contributed by atoms with Gasteiger partial charge in [0, 0.05) is 24.5 Å². The molecule has 1 atom stereocenters. The second-order valence-corrected chi connectivity index (χ2v) is 5.02. The number of rotatable bonds is 5. The van der Waals surface area contributed by atoms with Gasteiger partial charge >= 0.3 is 0 Å². The molecule has 1 aromatic carbocycles. The Hall–Kier alpha value is -1.55. The van der Waals surface area contributed by atoms with E-state index in [2.05, 4.69) is 43.1 Å². The average Bonchev–Trinajstić information content (AvgIpc) is 2.70. The van der Waals surface area contributed by atoms with Crippen LogP contribution in [0.25, 0.3) is 0 Å². The zero-order valence-corrected chi connectivity index (χ0v) is 12.0. The third-order valence-electron chi connectivity index (χ3n) is 3.87. The standard InChI is InChI=1S/C15H23N3O/c1-4-18(5-2)11-8-10(3)14-13(9-11)12(6-7-16)15(19)17-14/h8-9,12H,4-7,16H2,1-3H3,(H,17,19). The Morgan fingerprint density at radius 2 is 2.00 bits per heavy atom. The zero-order valence-electron chi connectivity index (χ0n) is 12.0. The van der Waals surface area contributed by atoms with Crippen LogP contribution in [0.2, 0.25) is 0 Å². The van der Waals surface area contributed by atoms with Crippen LogP contribution >= 0.6 is 0 Å². The second kappa shape index (κ2) is 5.61. The monoisotopic (exact) mass is 261 g/mol. The van der Waals surface area contributed by atoms with E-state index < -0.39 is 0 Å². The quantitative estimate of drug-likeness (QED) is 0.854. The SMILES string of the molecule is CCN(CC)c1cc(C)c2c(c1)C(CCN)C(=O)N2. The lowest BCUT2D eigenvalue weighted by Crippen LogP contribution is -2.22. The van der Waals surface area contributed by atoms with Gasteiger partial charge in [0.2, 0.25) is 5.91 Å². The maximum atomic E-state index is 12.0. The lowest BCUT2D eigenvalue weighted by atomic mass is 9.95. The van der Waals surface area contributed by atoms with Crippen LogP contribution in [-0.4, -0.2) is 25.5 Å². The van der Waals surface area contributed by atoms with Crippen molar-refractivity contribution in [2.75, 3.05) is 29.9 Å². The number of hydrogen-bond donors (Lipinski definition) is 2. The van der Waals surface area contributed by atoms with Crippen LogP contribution in [0.15, 0.2) is 12.1 Å². The summed E-state index contributed by atoms with van der Waals surface area (Å²) in [7, 11) is 0. The minimum atomic E-state index is -0.0887. The molecule has 2 rings (SSSR count). The Bertz CT molecular complexity index is 481. The van der Waals surface area contributed by atoms with Crippen molar-refractivity contribution in [2.45, 2.75) is 33.1 Å². The van der Waals surface area contributed by atoms with Crippen LogP contribution in [0, 0.1) is 6.92 Å². The first-order chi connectivity index (χ1) is 9.12. The smallest absolute Gasteiger partial charge is 0.232 e. The van der Waals surface area contributed by atoms with Crippen molar-refractivity contribution < 1.29 is 4.79 Å². The van der Waals surface area contributed by atoms with E-state index in [1.807, 2.05) is 0 Å². The highest BCUT2D eigenvalue weighted by atomic mass is 16.2. The summed E-state index contributed by atoms with van der Waals surface area (Å²) in [4.78, 5) is 14.3. The number of nitrogens with one attached hydrogen (secondary N) is 1. The van der Waals surface area contributed by atoms with E-state index in [0.29, 0.717) is 13.0 Å². The molecule has 0 fully saturated rings. The van der Waals surface area contributed by atoms with Gasteiger partial charge in [0.25, 0.3) is 0 Å². The number of nitrogens with zero attached hydrogens (tertiary/aromatic N) is 1. The Morgan fingerprint density at radius 3 is 2.58 bits per heavy atom. The van der Waals surface area contributed by atoms with Crippen LogP contribution in [0.5, 0.6) is 0 Å². The molecule has 3 N–H and O–H groups in total. The molecule has 104 valence electrons. The number of nitrogens with two attached hydrogens (primary N) is 1. The van der Waals surface area contributed by atoms with Crippen molar-refractivity contribution >= 4 is 17.3 Å². The summed E-state index contributed by atoms with van der Waals surface area (Å²) in [6.45, 7) is 8.82. The van der Waals surface area contributed by atoms with Gasteiger partial charge in [0.1, 0.15) is 0 Å². The van der Waals surface area contributed by atoms with Gasteiger partial charge in [-0.2, -0.15) is 0 Å². The van der Waals surface area contributed by atoms with Gasteiger partial charge in [0.05, 0.1) is 5.92 Å². The molecular weight excluding hydrogens is 238 g/mol. The van der Waals surface area contributed by atoms with Crippen molar-refractivity contribution in [3.63, 3.8) is 0 Å². The van der Waals surface area contributed by atoms with Gasteiger partial charge in [0.15, 0.2) is 0 Å². The molecule has 1 aliphatic rings. The highest BCUT2D eigenvalue weighted by Gasteiger charge is 2.31. The van der Waals surface area contributed by atoms with Crippen molar-refractivity contribution in [1.29, 1.82) is 0 Å². The van der Waals surface area contributed by atoms with Gasteiger partial charge in [-0.3, -0.25) is 4.79 Å². The molecule has 19 heavy (non-hydrogen) atoms. The van der Waals surface area contributed by atoms with E-state index in [-0.39, 0.29) is 11.8 Å². The average molecular weight is 261 g/mol. The highest BCUT2D eigenvalue weighted by Crippen LogP contribution is 2.39. The topological polar surface area (TPSA) is 58.4 Å². The molecule has 0 bridgehead atoms. The van der Waals surface area contributed by atoms with E-state index in [4.69, 9.17) is 5.73 Å². The normalized spacial score (nSPS) is 17.3. The molecule has 1 heterocycles. The Labute approximate surface area is 115 Å². The van der Waals surface area contributed by atoms with Crippen molar-refractivity contribution in [2.24, 2.45) is 5.73 Å². The van der Waals surface area contributed by atoms with E-state index in [9.17, 15) is 4.79 Å². The number of aryl methyl sites for hydroxylation is 1. The number of carbonyl (C=O) groups excluding carboxylic acids is 1. The van der Waals surface area contributed by atoms with E-state index in [0.717, 1.165) is 29.9 Å². The number of anilines is 2. The second-order valence-electron chi connectivity index (χ2n) is 5.02. The molecule has 0 radical (unpaired) electrons. The van der Waals surface area contributed by atoms with E-state index in [1.54, 1.807) is 0 Å². The molecule has 0 saturated heterocycles. The summed E-state index contributed by atoms with van der Waals surface area (Å²) in [5, 5.41) is 2.99. The van der Waals surface area contributed by atoms with Crippen LogP contribution < -0.4 is 16.0 Å². The maximum absolute atomic E-state index is 12.0. The molecule has 0 spiro atoms. The molecule has 1 unspecified atom stereocenters. The minimum absolute atomic E-state index is 0.0836. The third-order valence-corrected chi connectivity index (χ3v) is 3.87. The molecule has 0 aliphatic carbocycles. The van der Waals surface area contributed by atoms with Crippen molar-refractivity contribution in [3.05, 3.63) is 23.3 Å². The maximum Gasteiger partial charge on any atom is 0.232 e. The number of hydrogen-bond acceptors (Lipinski definition) is 3. The summed E-state index contributed by atoms with van der Waals surface area (Å²) < 4.78 is 0. The number of benzene rings is 1. The van der Waals surface area contributed by atoms with Crippen LogP contribution in [0.1, 0.15) is 37.3 Å². The fourth-order valence-corrected chi connectivity index (χ4v) is 2.82. The fraction of sp³-hybridized carbons (Fsp3) is 0.533. The zero-order chi connectivity index (χ0) is 14.0. The Balaban J connectivity index is 2.44. The largest absolute Gasteiger partial charge is 0.372 e. The molecule has 4 nitrogen and oxygen atoms in total. The van der Waals surface area contributed by atoms with Gasteiger partial charge in [-0.05, 0) is 57.0 Å². The first-order valence-electron chi connectivity index (χ1n) is 7.02. The molecule has 0 saturated carbocycles. The fourth-order valence-electron chi connectivity index (χ4n) is 2.82. The summed E-state index contributed by atoms with van der Waals surface area (Å²) >= 11 is 0. The van der Waals surface area contributed by atoms with Gasteiger partial charge in [-0.1, -0.05) is 0 Å². The third kappa shape index (κ3) is 2.45. The van der Waals surface area contributed by atoms with Gasteiger partial charge in [-0.25, -0.2) is 0 Å². The lowest BCUT2D eigenvalue weighted by molar-refractivity contribution is -0.117. The summed E-state index contributed by atoms with van der Waals surface area (Å²) in [6, 6.07) is 4.30. The lowest BCUT2D eigenvalue weighted by Gasteiger charge is -2.23. The van der Waals surface area contributed by atoms with Crippen LogP contribution in [0.3, 0.4) is 0 Å². The summed E-state index contributed by atoms with van der Waals surface area (Å²) in [5.41, 5.74) is 10.0. The van der Waals surface area contributed by atoms with Crippen LogP contribution in [0.4, 0.5) is 11.4 Å². The molecule has 1 aromatic rings. The van der Waals surface area contributed by atoms with E-state index >= 15 is 0 Å². The van der Waals surface area contributed by atoms with Gasteiger partial charge < -0.3 is 16.0 Å². The summed E-state index contributed by atoms with van der Waals surface area (Å²) in [6.07, 6.45) is 0.708. The highest BCUT2D eigenvalue weighted by molar-refractivity contribution is 6.04. The molecule has 1 aliphatic heterocycles. The Kier molecular flexibility index (Phi) is 4.10. The molecule has 0 aromatic heterocycles. The number of amides is 1. The van der Waals surface area contributed by atoms with Crippen molar-refractivity contribution in [1.82, 2.24) is 0 Å². The molecule has 1 amide bonds. The molecule has 4 heteroatoms. The minimum Gasteiger partial charge on any atom is -0.372 e. The Morgan fingerprint density at radius 1 is 1.32 bits per heavy atom. The number of fused-ring (bicyclic) bond motifs is 1. The first kappa shape index (κ1) is 13.9. The van der Waals surface area contributed by atoms with Gasteiger partial charge in [-0.15, -0.1) is 0 Å². The predicted octanol–water partition coefficient (Wildman–Crippen LogP) is 2.23. The van der Waals surface area contributed by atoms with Crippen molar-refractivity contribution in [3.8, 4) is 0 Å². The first-order valence-corrected chi connectivity index (χ1v) is 7.02. The van der Waals surface area contributed by atoms with Crippen LogP contribution in [-0.2, 0) is 4.79 Å². The predicted molar refractivity (Wildman–Crippen MR) is 79.8 cm³/mol. The van der Waals surface area contributed by atoms with E-state index in [1.165, 1.54) is 5.69 Å². The summed E-state index contributed by atoms with van der Waals surface area (Å²) in [5.74, 6) is -0.00513. The number of carbonyl (C=O) groups is 1. The molecular formula is C15H23N3O.